The van der Waals surface area contributed by atoms with Crippen molar-refractivity contribution >= 4 is 34.2 Å². The zero-order valence-corrected chi connectivity index (χ0v) is 18.0. The Bertz CT molecular complexity index is 945. The minimum Gasteiger partial charge on any atom is -0.497 e. The van der Waals surface area contributed by atoms with E-state index in [0.29, 0.717) is 5.13 Å². The third kappa shape index (κ3) is 3.96. The van der Waals surface area contributed by atoms with Crippen molar-refractivity contribution in [1.82, 2.24) is 9.88 Å². The van der Waals surface area contributed by atoms with Gasteiger partial charge >= 0.3 is 0 Å². The van der Waals surface area contributed by atoms with Gasteiger partial charge in [0.1, 0.15) is 5.75 Å². The first-order valence-electron chi connectivity index (χ1n) is 10.2. The third-order valence-corrected chi connectivity index (χ3v) is 6.79. The molecule has 8 heteroatoms. The second-order valence-corrected chi connectivity index (χ2v) is 8.98. The van der Waals surface area contributed by atoms with Crippen molar-refractivity contribution in [1.29, 1.82) is 0 Å². The minimum atomic E-state index is -0.250. The molecular formula is C22H25N3O4S. The summed E-state index contributed by atoms with van der Waals surface area (Å²) in [7, 11) is 1.62. The fourth-order valence-electron chi connectivity index (χ4n) is 4.31. The monoisotopic (exact) mass is 427 g/mol. The molecule has 1 aliphatic heterocycles. The van der Waals surface area contributed by atoms with E-state index in [-0.39, 0.29) is 42.5 Å². The first-order valence-corrected chi connectivity index (χ1v) is 11.1. The number of fused-ring (bicyclic) bond motifs is 1. The predicted molar refractivity (Wildman–Crippen MR) is 114 cm³/mol. The summed E-state index contributed by atoms with van der Waals surface area (Å²) in [6.45, 7) is 2.09. The lowest BCUT2D eigenvalue weighted by molar-refractivity contribution is -0.140. The highest BCUT2D eigenvalue weighted by molar-refractivity contribution is 7.16. The number of benzene rings is 1. The Hall–Kier alpha value is -2.74. The molecule has 2 heterocycles. The third-order valence-electron chi connectivity index (χ3n) is 5.90. The van der Waals surface area contributed by atoms with Gasteiger partial charge < -0.3 is 10.1 Å². The van der Waals surface area contributed by atoms with Crippen molar-refractivity contribution in [3.63, 3.8) is 0 Å². The summed E-state index contributed by atoms with van der Waals surface area (Å²) in [5, 5.41) is 3.32. The van der Waals surface area contributed by atoms with E-state index < -0.39 is 0 Å². The molecule has 7 nitrogen and oxygen atoms in total. The van der Waals surface area contributed by atoms with Crippen LogP contribution in [0.3, 0.4) is 0 Å². The van der Waals surface area contributed by atoms with Gasteiger partial charge in [0.25, 0.3) is 0 Å². The van der Waals surface area contributed by atoms with E-state index in [1.165, 1.54) is 16.2 Å². The maximum absolute atomic E-state index is 12.5. The van der Waals surface area contributed by atoms with E-state index >= 15 is 0 Å². The fraction of sp³-hybridized carbons (Fsp3) is 0.455. The summed E-state index contributed by atoms with van der Waals surface area (Å²) in [4.78, 5) is 44.3. The van der Waals surface area contributed by atoms with Crippen molar-refractivity contribution in [3.8, 4) is 17.0 Å². The number of aryl methyl sites for hydroxylation is 1. The lowest BCUT2D eigenvalue weighted by Crippen LogP contribution is -2.34. The van der Waals surface area contributed by atoms with Crippen LogP contribution in [0, 0.1) is 18.8 Å². The quantitative estimate of drug-likeness (QED) is 0.711. The lowest BCUT2D eigenvalue weighted by atomic mass is 9.81. The van der Waals surface area contributed by atoms with Crippen LogP contribution in [0.5, 0.6) is 5.75 Å². The summed E-state index contributed by atoms with van der Waals surface area (Å²) >= 11 is 1.40. The Morgan fingerprint density at radius 2 is 1.80 bits per heavy atom. The lowest BCUT2D eigenvalue weighted by Gasteiger charge is -2.19. The number of carbonyl (C=O) groups excluding carboxylic acids is 3. The Balaban J connectivity index is 1.36. The Morgan fingerprint density at radius 1 is 1.17 bits per heavy atom. The van der Waals surface area contributed by atoms with Gasteiger partial charge in [0.15, 0.2) is 5.13 Å². The highest BCUT2D eigenvalue weighted by atomic mass is 32.1. The molecule has 0 radical (unpaired) electrons. The molecule has 0 bridgehead atoms. The smallest absolute Gasteiger partial charge is 0.233 e. The Labute approximate surface area is 179 Å². The molecule has 2 aromatic rings. The molecule has 2 aliphatic rings. The molecule has 3 amide bonds. The van der Waals surface area contributed by atoms with E-state index in [4.69, 9.17) is 4.74 Å². The summed E-state index contributed by atoms with van der Waals surface area (Å²) in [5.74, 6) is -0.0498. The van der Waals surface area contributed by atoms with Gasteiger partial charge in [-0.05, 0) is 44.0 Å². The van der Waals surface area contributed by atoms with Crippen molar-refractivity contribution < 1.29 is 19.1 Å². The maximum Gasteiger partial charge on any atom is 0.233 e. The normalized spacial score (nSPS) is 20.9. The molecule has 1 aromatic heterocycles. The molecule has 1 saturated heterocycles. The van der Waals surface area contributed by atoms with Crippen molar-refractivity contribution in [3.05, 3.63) is 29.1 Å². The van der Waals surface area contributed by atoms with Gasteiger partial charge in [0, 0.05) is 23.4 Å². The van der Waals surface area contributed by atoms with Gasteiger partial charge in [-0.3, -0.25) is 19.3 Å². The fourth-order valence-corrected chi connectivity index (χ4v) is 5.17. The molecule has 0 unspecified atom stereocenters. The van der Waals surface area contributed by atoms with Gasteiger partial charge in [0.05, 0.1) is 24.6 Å². The molecule has 1 N–H and O–H groups in total. The number of hydrogen-bond acceptors (Lipinski definition) is 6. The number of ether oxygens (including phenoxy) is 1. The van der Waals surface area contributed by atoms with Crippen LogP contribution < -0.4 is 10.1 Å². The number of methoxy groups -OCH3 is 1. The van der Waals surface area contributed by atoms with E-state index in [0.717, 1.165) is 47.6 Å². The predicted octanol–water partition coefficient (Wildman–Crippen LogP) is 3.63. The van der Waals surface area contributed by atoms with E-state index in [2.05, 4.69) is 10.3 Å². The van der Waals surface area contributed by atoms with Crippen LogP contribution >= 0.6 is 11.3 Å². The zero-order valence-electron chi connectivity index (χ0n) is 17.1. The van der Waals surface area contributed by atoms with E-state index in [1.54, 1.807) is 7.11 Å². The summed E-state index contributed by atoms with van der Waals surface area (Å²) < 4.78 is 5.18. The highest BCUT2D eigenvalue weighted by Crippen LogP contribution is 2.38. The number of thiazole rings is 1. The minimum absolute atomic E-state index is 0.0768. The van der Waals surface area contributed by atoms with Gasteiger partial charge in [-0.1, -0.05) is 12.8 Å². The summed E-state index contributed by atoms with van der Waals surface area (Å²) in [6.07, 6.45) is 3.63. The van der Waals surface area contributed by atoms with Crippen LogP contribution in [0.1, 0.15) is 37.0 Å². The van der Waals surface area contributed by atoms with Crippen LogP contribution in [0.2, 0.25) is 0 Å². The topological polar surface area (TPSA) is 88.6 Å². The van der Waals surface area contributed by atoms with Crippen molar-refractivity contribution in [2.45, 2.75) is 39.0 Å². The molecule has 1 saturated carbocycles. The summed E-state index contributed by atoms with van der Waals surface area (Å²) in [6, 6.07) is 7.59. The molecule has 4 rings (SSSR count). The van der Waals surface area contributed by atoms with Crippen LogP contribution in [0.4, 0.5) is 5.13 Å². The average molecular weight is 428 g/mol. The number of rotatable bonds is 6. The van der Waals surface area contributed by atoms with E-state index in [1.807, 2.05) is 31.2 Å². The van der Waals surface area contributed by atoms with Gasteiger partial charge in [-0.25, -0.2) is 4.98 Å². The zero-order chi connectivity index (χ0) is 21.3. The number of hydrogen-bond donors (Lipinski definition) is 1. The van der Waals surface area contributed by atoms with Crippen LogP contribution in [-0.2, 0) is 14.4 Å². The number of carbonyl (C=O) groups is 3. The first-order chi connectivity index (χ1) is 14.5. The number of likely N-dealkylation sites (tertiary alicyclic amines) is 1. The second-order valence-electron chi connectivity index (χ2n) is 7.78. The van der Waals surface area contributed by atoms with Gasteiger partial charge in [-0.2, -0.15) is 0 Å². The van der Waals surface area contributed by atoms with Crippen LogP contribution in [0.25, 0.3) is 11.3 Å². The largest absolute Gasteiger partial charge is 0.497 e. The molecule has 1 aromatic carbocycles. The number of amides is 3. The molecule has 30 heavy (non-hydrogen) atoms. The molecule has 2 atom stereocenters. The number of nitrogens with one attached hydrogen (secondary N) is 1. The highest BCUT2D eigenvalue weighted by Gasteiger charge is 2.47. The second kappa shape index (κ2) is 8.55. The Morgan fingerprint density at radius 3 is 2.40 bits per heavy atom. The van der Waals surface area contributed by atoms with Crippen LogP contribution in [-0.4, -0.2) is 41.3 Å². The number of anilines is 1. The van der Waals surface area contributed by atoms with Gasteiger partial charge in [-0.15, -0.1) is 11.3 Å². The van der Waals surface area contributed by atoms with Gasteiger partial charge in [0.2, 0.25) is 17.7 Å². The molecule has 0 spiro atoms. The first kappa shape index (κ1) is 20.5. The number of imide groups is 1. The van der Waals surface area contributed by atoms with Crippen molar-refractivity contribution in [2.24, 2.45) is 11.8 Å². The van der Waals surface area contributed by atoms with E-state index in [9.17, 15) is 14.4 Å². The molecular weight excluding hydrogens is 402 g/mol. The standard InChI is InChI=1S/C22H25N3O4S/c1-13-19(14-7-9-15(29-2)10-8-14)24-22(30-13)23-18(26)11-12-25-20(27)16-5-3-4-6-17(16)21(25)28/h7-10,16-17H,3-6,11-12H2,1-2H3,(H,23,24,26)/t16-,17+. The average Bonchev–Trinajstić information content (AvgIpc) is 3.24. The molecule has 1 aliphatic carbocycles. The summed E-state index contributed by atoms with van der Waals surface area (Å²) in [5.41, 5.74) is 1.76. The number of aromatic nitrogens is 1. The molecule has 158 valence electrons. The van der Waals surface area contributed by atoms with Crippen molar-refractivity contribution in [2.75, 3.05) is 19.0 Å². The SMILES string of the molecule is COc1ccc(-c2nc(NC(=O)CCN3C(=O)[C@H]4CCCC[C@H]4C3=O)sc2C)cc1. The number of nitrogens with zero attached hydrogens (tertiary/aromatic N) is 2. The van der Waals surface area contributed by atoms with Crippen LogP contribution in [0.15, 0.2) is 24.3 Å². The molecule has 2 fully saturated rings. The Kier molecular flexibility index (Phi) is 5.85. The maximum atomic E-state index is 12.5.